The van der Waals surface area contributed by atoms with E-state index in [-0.39, 0.29) is 78.8 Å². The van der Waals surface area contributed by atoms with E-state index in [1.165, 1.54) is 5.56 Å². The van der Waals surface area contributed by atoms with Crippen LogP contribution in [0.2, 0.25) is 0 Å². The molecule has 162 valence electrons. The molecule has 0 fully saturated rings. The Morgan fingerprint density at radius 2 is 1.13 bits per heavy atom. The minimum absolute atomic E-state index is 0. The molecule has 1 rings (SSSR count). The Labute approximate surface area is 224 Å². The van der Waals surface area contributed by atoms with Crippen LogP contribution >= 0.6 is 0 Å². The average Bonchev–Trinajstić information content (AvgIpc) is 2.59. The molecule has 0 unspecified atom stereocenters. The van der Waals surface area contributed by atoms with Gasteiger partial charge in [0.25, 0.3) is 0 Å². The standard InChI is InChI=1S/C10H16N2O8.C8H10O.2Na/c13-7(14)3-11(4-8(15)16)1-2-12(5-9(17)18)6-10(19)20;9-7-6-8-4-2-1-3-5-8;;/h1-6H2,(H,13,14)(H,15,16)(H,17,18)(H,19,20);1-5,9H,6-7H2;;/q;;2*+1/p-2. The molecule has 0 bridgehead atoms. The maximum atomic E-state index is 10.5. The van der Waals surface area contributed by atoms with Gasteiger partial charge < -0.3 is 35.1 Å². The first kappa shape index (κ1) is 34.6. The Hall–Kier alpha value is -1.02. The van der Waals surface area contributed by atoms with Crippen LogP contribution < -0.4 is 69.3 Å². The van der Waals surface area contributed by atoms with Crippen molar-refractivity contribution >= 4 is 23.9 Å². The summed E-state index contributed by atoms with van der Waals surface area (Å²) in [4.78, 5) is 43.9. The first-order valence-electron chi connectivity index (χ1n) is 8.56. The molecule has 0 amide bonds. The van der Waals surface area contributed by atoms with Crippen molar-refractivity contribution in [3.63, 3.8) is 0 Å². The van der Waals surface area contributed by atoms with Crippen LogP contribution in [0.5, 0.6) is 0 Å². The number of hydrogen-bond acceptors (Lipinski definition) is 9. The van der Waals surface area contributed by atoms with E-state index in [2.05, 4.69) is 0 Å². The number of carbonyl (C=O) groups excluding carboxylic acids is 2. The topological polar surface area (TPSA) is 182 Å². The Morgan fingerprint density at radius 3 is 1.42 bits per heavy atom. The minimum Gasteiger partial charge on any atom is -0.549 e. The Kier molecular flexibility index (Phi) is 23.3. The maximum Gasteiger partial charge on any atom is 1.00 e. The van der Waals surface area contributed by atoms with Gasteiger partial charge >= 0.3 is 71.1 Å². The second-order valence-electron chi connectivity index (χ2n) is 5.91. The molecular formula is C18H24N2Na2O9. The van der Waals surface area contributed by atoms with Crippen LogP contribution in [-0.4, -0.2) is 94.9 Å². The number of carbonyl (C=O) groups is 4. The van der Waals surface area contributed by atoms with Gasteiger partial charge in [0.05, 0.1) is 25.0 Å². The molecule has 0 saturated carbocycles. The number of hydrogen-bond donors (Lipinski definition) is 3. The summed E-state index contributed by atoms with van der Waals surface area (Å²) in [6.07, 6.45) is 0.765. The van der Waals surface area contributed by atoms with Crippen LogP contribution in [0.4, 0.5) is 0 Å². The maximum absolute atomic E-state index is 10.5. The largest absolute Gasteiger partial charge is 1.00 e. The Balaban J connectivity index is -0.000000598. The molecule has 0 aliphatic carbocycles. The van der Waals surface area contributed by atoms with E-state index in [1.54, 1.807) is 0 Å². The summed E-state index contributed by atoms with van der Waals surface area (Å²) in [5.74, 6) is -5.52. The third kappa shape index (κ3) is 22.0. The van der Waals surface area contributed by atoms with E-state index in [9.17, 15) is 29.4 Å². The van der Waals surface area contributed by atoms with Crippen molar-refractivity contribution < 1.29 is 104 Å². The van der Waals surface area contributed by atoms with Gasteiger partial charge in [0, 0.05) is 32.8 Å². The number of aliphatic carboxylic acids is 4. The van der Waals surface area contributed by atoms with E-state index in [1.807, 2.05) is 30.3 Å². The second-order valence-corrected chi connectivity index (χ2v) is 5.91. The van der Waals surface area contributed by atoms with Crippen LogP contribution in [0.15, 0.2) is 30.3 Å². The van der Waals surface area contributed by atoms with Crippen molar-refractivity contribution in [1.82, 2.24) is 9.80 Å². The van der Waals surface area contributed by atoms with Gasteiger partial charge in [0.2, 0.25) is 0 Å². The molecule has 0 atom stereocenters. The zero-order valence-corrected chi connectivity index (χ0v) is 21.7. The van der Waals surface area contributed by atoms with Crippen LogP contribution in [0.1, 0.15) is 5.56 Å². The van der Waals surface area contributed by atoms with Gasteiger partial charge in [-0.15, -0.1) is 0 Å². The molecule has 0 saturated heterocycles. The average molecular weight is 458 g/mol. The van der Waals surface area contributed by atoms with Crippen LogP contribution in [0.25, 0.3) is 0 Å². The normalized spacial score (nSPS) is 9.65. The monoisotopic (exact) mass is 458 g/mol. The minimum atomic E-state index is -1.49. The van der Waals surface area contributed by atoms with Crippen molar-refractivity contribution in [3.05, 3.63) is 35.9 Å². The van der Waals surface area contributed by atoms with Gasteiger partial charge in [-0.05, 0) is 12.0 Å². The van der Waals surface area contributed by atoms with Gasteiger partial charge in [0.1, 0.15) is 0 Å². The van der Waals surface area contributed by atoms with E-state index in [0.717, 1.165) is 16.2 Å². The fourth-order valence-electron chi connectivity index (χ4n) is 2.23. The summed E-state index contributed by atoms with van der Waals surface area (Å²) in [7, 11) is 0. The van der Waals surface area contributed by atoms with Gasteiger partial charge in [-0.2, -0.15) is 0 Å². The number of benzene rings is 1. The molecule has 11 nitrogen and oxygen atoms in total. The smallest absolute Gasteiger partial charge is 0.549 e. The summed E-state index contributed by atoms with van der Waals surface area (Å²) in [6.45, 7) is -2.51. The van der Waals surface area contributed by atoms with Crippen molar-refractivity contribution in [3.8, 4) is 0 Å². The number of carboxylic acids is 4. The summed E-state index contributed by atoms with van der Waals surface area (Å²) in [6, 6.07) is 9.95. The number of aliphatic hydroxyl groups is 1. The number of carboxylic acid groups (broad SMARTS) is 4. The Bertz CT molecular complexity index is 595. The van der Waals surface area contributed by atoms with Crippen molar-refractivity contribution in [2.45, 2.75) is 6.42 Å². The van der Waals surface area contributed by atoms with Gasteiger partial charge in [-0.25, -0.2) is 0 Å². The van der Waals surface area contributed by atoms with Crippen molar-refractivity contribution in [1.29, 1.82) is 0 Å². The molecule has 0 heterocycles. The quantitative estimate of drug-likeness (QED) is 0.239. The molecule has 1 aromatic rings. The summed E-state index contributed by atoms with van der Waals surface area (Å²) < 4.78 is 0. The third-order valence-corrected chi connectivity index (χ3v) is 3.40. The zero-order chi connectivity index (χ0) is 22.2. The molecular weight excluding hydrogens is 434 g/mol. The number of aliphatic hydroxyl groups excluding tert-OH is 1. The molecule has 13 heteroatoms. The predicted molar refractivity (Wildman–Crippen MR) is 95.4 cm³/mol. The fourth-order valence-corrected chi connectivity index (χ4v) is 2.23. The van der Waals surface area contributed by atoms with Crippen LogP contribution in [-0.2, 0) is 25.6 Å². The second kappa shape index (κ2) is 20.9. The molecule has 0 spiro atoms. The Morgan fingerprint density at radius 1 is 0.742 bits per heavy atom. The molecule has 1 aromatic carbocycles. The molecule has 0 aromatic heterocycles. The number of nitrogens with zero attached hydrogens (tertiary/aromatic N) is 2. The van der Waals surface area contributed by atoms with Gasteiger partial charge in [-0.3, -0.25) is 19.4 Å². The first-order valence-corrected chi connectivity index (χ1v) is 8.56. The van der Waals surface area contributed by atoms with E-state index < -0.39 is 50.1 Å². The summed E-state index contributed by atoms with van der Waals surface area (Å²) in [5.41, 5.74) is 1.19. The molecule has 0 radical (unpaired) electrons. The van der Waals surface area contributed by atoms with Crippen LogP contribution in [0, 0.1) is 0 Å². The van der Waals surface area contributed by atoms with Crippen molar-refractivity contribution in [2.24, 2.45) is 0 Å². The third-order valence-electron chi connectivity index (χ3n) is 3.40. The molecule has 3 N–H and O–H groups in total. The summed E-state index contributed by atoms with van der Waals surface area (Å²) >= 11 is 0. The van der Waals surface area contributed by atoms with Gasteiger partial charge in [0.15, 0.2) is 0 Å². The van der Waals surface area contributed by atoms with E-state index >= 15 is 0 Å². The number of rotatable bonds is 13. The van der Waals surface area contributed by atoms with Crippen LogP contribution in [0.3, 0.4) is 0 Å². The zero-order valence-electron chi connectivity index (χ0n) is 17.7. The molecule has 31 heavy (non-hydrogen) atoms. The van der Waals surface area contributed by atoms with E-state index in [0.29, 0.717) is 0 Å². The predicted octanol–water partition coefficient (Wildman–Crippen LogP) is -9.51. The molecule has 0 aliphatic rings. The summed E-state index contributed by atoms with van der Waals surface area (Å²) in [5, 5.41) is 46.6. The van der Waals surface area contributed by atoms with Crippen molar-refractivity contribution in [2.75, 3.05) is 45.9 Å². The van der Waals surface area contributed by atoms with E-state index in [4.69, 9.17) is 15.3 Å². The fraction of sp³-hybridized carbons (Fsp3) is 0.444. The van der Waals surface area contributed by atoms with Gasteiger partial charge in [-0.1, -0.05) is 30.3 Å². The molecule has 0 aliphatic heterocycles. The SMILES string of the molecule is O=C([O-])CN(CCN(CC(=O)[O-])CC(=O)O)CC(=O)O.OCCc1ccccc1.[Na+].[Na+]. The first-order chi connectivity index (χ1) is 13.6.